The lowest BCUT2D eigenvalue weighted by Crippen LogP contribution is -2.44. The zero-order chi connectivity index (χ0) is 20.1. The molecule has 0 unspecified atom stereocenters. The standard InChI is InChI=1S/C20H19ClN6O2/c1-24-6-8-25(9-7-24)16-10-17(21)23-27-12-13(22-18(16)27)11-26-19(28)14-4-2-3-5-15(14)20(26)29/h2-5,10,12H,6-9,11H2,1H3. The van der Waals surface area contributed by atoms with Crippen LogP contribution in [0.5, 0.6) is 0 Å². The highest BCUT2D eigenvalue weighted by atomic mass is 35.5. The van der Waals surface area contributed by atoms with E-state index < -0.39 is 0 Å². The topological polar surface area (TPSA) is 74.1 Å². The number of piperazine rings is 1. The number of rotatable bonds is 3. The average Bonchev–Trinajstić information content (AvgIpc) is 3.22. The Morgan fingerprint density at radius 1 is 1.03 bits per heavy atom. The van der Waals surface area contributed by atoms with E-state index in [2.05, 4.69) is 26.9 Å². The summed E-state index contributed by atoms with van der Waals surface area (Å²) in [6.07, 6.45) is 1.73. The zero-order valence-corrected chi connectivity index (χ0v) is 16.6. The molecule has 9 heteroatoms. The van der Waals surface area contributed by atoms with E-state index in [0.717, 1.165) is 31.9 Å². The number of benzene rings is 1. The van der Waals surface area contributed by atoms with Crippen LogP contribution in [-0.2, 0) is 6.54 Å². The molecule has 3 aromatic rings. The van der Waals surface area contributed by atoms with Crippen molar-refractivity contribution in [3.8, 4) is 0 Å². The van der Waals surface area contributed by atoms with Crippen molar-refractivity contribution in [3.05, 3.63) is 58.5 Å². The number of carbonyl (C=O) groups is 2. The van der Waals surface area contributed by atoms with E-state index >= 15 is 0 Å². The normalized spacial score (nSPS) is 17.4. The maximum atomic E-state index is 12.6. The Labute approximate surface area is 172 Å². The van der Waals surface area contributed by atoms with Crippen LogP contribution in [0.15, 0.2) is 36.5 Å². The van der Waals surface area contributed by atoms with Crippen LogP contribution in [0, 0.1) is 0 Å². The second-order valence-corrected chi connectivity index (χ2v) is 7.77. The fourth-order valence-corrected chi connectivity index (χ4v) is 4.06. The number of hydrogen-bond acceptors (Lipinski definition) is 6. The number of aromatic nitrogens is 3. The van der Waals surface area contributed by atoms with Gasteiger partial charge in [-0.15, -0.1) is 0 Å². The quantitative estimate of drug-likeness (QED) is 0.614. The fourth-order valence-electron chi connectivity index (χ4n) is 3.88. The third-order valence-corrected chi connectivity index (χ3v) is 5.65. The first-order valence-corrected chi connectivity index (χ1v) is 9.82. The lowest BCUT2D eigenvalue weighted by Gasteiger charge is -2.34. The number of anilines is 1. The Morgan fingerprint density at radius 3 is 2.34 bits per heavy atom. The van der Waals surface area contributed by atoms with Crippen LogP contribution in [0.3, 0.4) is 0 Å². The number of likely N-dealkylation sites (N-methyl/N-ethyl adjacent to an activating group) is 1. The number of fused-ring (bicyclic) bond motifs is 2. The molecule has 4 heterocycles. The van der Waals surface area contributed by atoms with Crippen molar-refractivity contribution >= 4 is 34.7 Å². The van der Waals surface area contributed by atoms with Gasteiger partial charge in [-0.1, -0.05) is 23.7 Å². The molecule has 0 atom stereocenters. The van der Waals surface area contributed by atoms with Gasteiger partial charge in [0.2, 0.25) is 0 Å². The Kier molecular flexibility index (Phi) is 4.25. The minimum Gasteiger partial charge on any atom is -0.366 e. The molecule has 8 nitrogen and oxygen atoms in total. The molecule has 0 bridgehead atoms. The number of nitrogens with zero attached hydrogens (tertiary/aromatic N) is 6. The van der Waals surface area contributed by atoms with Crippen LogP contribution >= 0.6 is 11.6 Å². The van der Waals surface area contributed by atoms with E-state index in [1.807, 2.05) is 6.07 Å². The molecule has 2 amide bonds. The van der Waals surface area contributed by atoms with Crippen molar-refractivity contribution in [3.63, 3.8) is 0 Å². The van der Waals surface area contributed by atoms with Crippen molar-refractivity contribution in [1.29, 1.82) is 0 Å². The summed E-state index contributed by atoms with van der Waals surface area (Å²) < 4.78 is 1.63. The Morgan fingerprint density at radius 2 is 1.69 bits per heavy atom. The number of halogens is 1. The molecular weight excluding hydrogens is 392 g/mol. The zero-order valence-electron chi connectivity index (χ0n) is 15.9. The third kappa shape index (κ3) is 3.04. The van der Waals surface area contributed by atoms with Gasteiger partial charge in [-0.05, 0) is 19.2 Å². The maximum absolute atomic E-state index is 12.6. The van der Waals surface area contributed by atoms with Gasteiger partial charge in [0.1, 0.15) is 0 Å². The van der Waals surface area contributed by atoms with Crippen LogP contribution in [0.2, 0.25) is 5.15 Å². The van der Waals surface area contributed by atoms with Gasteiger partial charge in [-0.3, -0.25) is 14.5 Å². The summed E-state index contributed by atoms with van der Waals surface area (Å²) in [4.78, 5) is 35.7. The average molecular weight is 411 g/mol. The lowest BCUT2D eigenvalue weighted by molar-refractivity contribution is 0.0640. The number of carbonyl (C=O) groups excluding carboxylic acids is 2. The first-order chi connectivity index (χ1) is 14.0. The Bertz CT molecular complexity index is 1100. The smallest absolute Gasteiger partial charge is 0.261 e. The highest BCUT2D eigenvalue weighted by Crippen LogP contribution is 2.27. The minimum atomic E-state index is -0.298. The number of imide groups is 1. The molecule has 0 spiro atoms. The summed E-state index contributed by atoms with van der Waals surface area (Å²) in [6.45, 7) is 3.74. The van der Waals surface area contributed by atoms with E-state index in [1.54, 1.807) is 35.0 Å². The predicted octanol–water partition coefficient (Wildman–Crippen LogP) is 1.93. The van der Waals surface area contributed by atoms with Gasteiger partial charge in [-0.2, -0.15) is 5.10 Å². The molecule has 2 aliphatic rings. The molecule has 0 N–H and O–H groups in total. The molecule has 29 heavy (non-hydrogen) atoms. The first-order valence-electron chi connectivity index (χ1n) is 9.45. The second kappa shape index (κ2) is 6.82. The van der Waals surface area contributed by atoms with Crippen molar-refractivity contribution in [2.75, 3.05) is 38.1 Å². The molecule has 148 valence electrons. The number of imidazole rings is 1. The lowest BCUT2D eigenvalue weighted by atomic mass is 10.1. The highest BCUT2D eigenvalue weighted by Gasteiger charge is 2.35. The van der Waals surface area contributed by atoms with Crippen molar-refractivity contribution < 1.29 is 9.59 Å². The van der Waals surface area contributed by atoms with Gasteiger partial charge >= 0.3 is 0 Å². The Hall–Kier alpha value is -2.97. The van der Waals surface area contributed by atoms with E-state index in [4.69, 9.17) is 11.6 Å². The summed E-state index contributed by atoms with van der Waals surface area (Å²) in [5.41, 5.74) is 3.03. The first kappa shape index (κ1) is 18.1. The molecule has 1 aromatic carbocycles. The molecular formula is C20H19ClN6O2. The minimum absolute atomic E-state index is 0.0928. The van der Waals surface area contributed by atoms with E-state index in [-0.39, 0.29) is 18.4 Å². The summed E-state index contributed by atoms with van der Waals surface area (Å²) in [5, 5.41) is 4.68. The summed E-state index contributed by atoms with van der Waals surface area (Å²) in [7, 11) is 2.10. The molecule has 0 aliphatic carbocycles. The molecule has 1 fully saturated rings. The van der Waals surface area contributed by atoms with Crippen molar-refractivity contribution in [2.45, 2.75) is 6.54 Å². The third-order valence-electron chi connectivity index (χ3n) is 5.47. The summed E-state index contributed by atoms with van der Waals surface area (Å²) >= 11 is 6.24. The highest BCUT2D eigenvalue weighted by molar-refractivity contribution is 6.29. The summed E-state index contributed by atoms with van der Waals surface area (Å²) in [5.74, 6) is -0.596. The number of amides is 2. The van der Waals surface area contributed by atoms with Gasteiger partial charge in [0.05, 0.1) is 35.2 Å². The fraction of sp³-hybridized carbons (Fsp3) is 0.300. The van der Waals surface area contributed by atoms with E-state index in [9.17, 15) is 9.59 Å². The largest absolute Gasteiger partial charge is 0.366 e. The van der Waals surface area contributed by atoms with Crippen LogP contribution in [0.1, 0.15) is 26.4 Å². The second-order valence-electron chi connectivity index (χ2n) is 7.39. The van der Waals surface area contributed by atoms with Crippen molar-refractivity contribution in [1.82, 2.24) is 24.4 Å². The molecule has 5 rings (SSSR count). The predicted molar refractivity (Wildman–Crippen MR) is 108 cm³/mol. The molecule has 1 saturated heterocycles. The monoisotopic (exact) mass is 410 g/mol. The van der Waals surface area contributed by atoms with E-state index in [0.29, 0.717) is 27.6 Å². The molecule has 0 saturated carbocycles. The molecule has 2 aliphatic heterocycles. The van der Waals surface area contributed by atoms with E-state index in [1.165, 1.54) is 4.90 Å². The van der Waals surface area contributed by atoms with Gasteiger partial charge in [0, 0.05) is 32.2 Å². The Balaban J connectivity index is 1.47. The van der Waals surface area contributed by atoms with Crippen LogP contribution in [-0.4, -0.2) is 69.4 Å². The van der Waals surface area contributed by atoms with Crippen LogP contribution in [0.25, 0.3) is 5.65 Å². The van der Waals surface area contributed by atoms with Gasteiger partial charge in [0.25, 0.3) is 11.8 Å². The maximum Gasteiger partial charge on any atom is 0.261 e. The van der Waals surface area contributed by atoms with Crippen LogP contribution in [0.4, 0.5) is 5.69 Å². The van der Waals surface area contributed by atoms with Crippen molar-refractivity contribution in [2.24, 2.45) is 0 Å². The number of hydrogen-bond donors (Lipinski definition) is 0. The van der Waals surface area contributed by atoms with Gasteiger partial charge in [-0.25, -0.2) is 9.50 Å². The van der Waals surface area contributed by atoms with Crippen LogP contribution < -0.4 is 4.90 Å². The molecule has 2 aromatic heterocycles. The molecule has 0 radical (unpaired) electrons. The van der Waals surface area contributed by atoms with Gasteiger partial charge < -0.3 is 9.80 Å². The van der Waals surface area contributed by atoms with Gasteiger partial charge in [0.15, 0.2) is 10.8 Å². The summed E-state index contributed by atoms with van der Waals surface area (Å²) in [6, 6.07) is 8.68. The SMILES string of the molecule is CN1CCN(c2cc(Cl)nn3cc(CN4C(=O)c5ccccc5C4=O)nc23)CC1.